The molecule has 2 atom stereocenters. The zero-order valence-electron chi connectivity index (χ0n) is 22.6. The molecule has 12 nitrogen and oxygen atoms in total. The third-order valence-corrected chi connectivity index (χ3v) is 8.78. The van der Waals surface area contributed by atoms with E-state index in [1.165, 1.54) is 0 Å². The topological polar surface area (TPSA) is 171 Å². The van der Waals surface area contributed by atoms with Crippen LogP contribution in [0.2, 0.25) is 0 Å². The predicted molar refractivity (Wildman–Crippen MR) is 156 cm³/mol. The Bertz CT molecular complexity index is 1550. The van der Waals surface area contributed by atoms with Gasteiger partial charge in [0.05, 0.1) is 9.82 Å². The molecule has 0 aromatic heterocycles. The van der Waals surface area contributed by atoms with E-state index in [1.54, 1.807) is 0 Å². The third kappa shape index (κ3) is 7.30. The standard InChI is InChI=1S/C29H31N5O7S/c1-20(35)26(19-31-29(37)30-18-21-9-11-23(12-10-21)22-6-3-2-4-7-22)32-28(36)27-8-5-17-33(27)42(40,41)25-15-13-24(14-16-25)34(38)39/h2-4,6-7,9-16,26-27,35H,1,5,8,17-19H2,(H,32,36)(H2,30,31,37)/t26-,27-/m0/s1. The molecule has 1 heterocycles. The Balaban J connectivity index is 1.31. The summed E-state index contributed by atoms with van der Waals surface area (Å²) in [4.78, 5) is 35.6. The minimum Gasteiger partial charge on any atom is -0.511 e. The summed E-state index contributed by atoms with van der Waals surface area (Å²) in [6.45, 7) is 3.59. The van der Waals surface area contributed by atoms with Gasteiger partial charge in [-0.15, -0.1) is 0 Å². The first-order chi connectivity index (χ1) is 20.1. The number of aliphatic hydroxyl groups is 1. The van der Waals surface area contributed by atoms with Crippen LogP contribution in [0, 0.1) is 10.1 Å². The minimum absolute atomic E-state index is 0.0785. The van der Waals surface area contributed by atoms with Crippen molar-refractivity contribution in [3.8, 4) is 11.1 Å². The monoisotopic (exact) mass is 593 g/mol. The highest BCUT2D eigenvalue weighted by Crippen LogP contribution is 2.27. The summed E-state index contributed by atoms with van der Waals surface area (Å²) in [5, 5.41) is 28.8. The molecule has 13 heteroatoms. The third-order valence-electron chi connectivity index (χ3n) is 6.86. The largest absolute Gasteiger partial charge is 0.511 e. The highest BCUT2D eigenvalue weighted by atomic mass is 32.2. The Hall–Kier alpha value is -4.75. The number of carbonyl (C=O) groups is 2. The number of nitro benzene ring substituents is 1. The highest BCUT2D eigenvalue weighted by Gasteiger charge is 2.40. The zero-order chi connectivity index (χ0) is 30.3. The van der Waals surface area contributed by atoms with E-state index in [4.69, 9.17) is 0 Å². The number of non-ortho nitro benzene ring substituents is 1. The van der Waals surface area contributed by atoms with Gasteiger partial charge in [-0.05, 0) is 41.7 Å². The molecule has 3 amide bonds. The Morgan fingerprint density at radius 3 is 2.26 bits per heavy atom. The van der Waals surface area contributed by atoms with Gasteiger partial charge in [-0.3, -0.25) is 14.9 Å². The fourth-order valence-electron chi connectivity index (χ4n) is 4.57. The normalized spacial score (nSPS) is 15.9. The maximum Gasteiger partial charge on any atom is 0.315 e. The summed E-state index contributed by atoms with van der Waals surface area (Å²) in [5.74, 6) is -1.08. The van der Waals surface area contributed by atoms with E-state index in [0.717, 1.165) is 45.3 Å². The van der Waals surface area contributed by atoms with E-state index in [0.29, 0.717) is 6.42 Å². The molecular formula is C29H31N5O7S. The van der Waals surface area contributed by atoms with Gasteiger partial charge < -0.3 is 21.1 Å². The van der Waals surface area contributed by atoms with E-state index >= 15 is 0 Å². The van der Waals surface area contributed by atoms with E-state index in [9.17, 15) is 33.2 Å². The first kappa shape index (κ1) is 30.2. The minimum atomic E-state index is -4.12. The summed E-state index contributed by atoms with van der Waals surface area (Å²) < 4.78 is 27.4. The fraction of sp³-hybridized carbons (Fsp3) is 0.241. The van der Waals surface area contributed by atoms with Crippen LogP contribution < -0.4 is 16.0 Å². The van der Waals surface area contributed by atoms with Crippen LogP contribution in [0.1, 0.15) is 18.4 Å². The number of urea groups is 1. The summed E-state index contributed by atoms with van der Waals surface area (Å²) in [5.41, 5.74) is 2.74. The molecule has 1 fully saturated rings. The second-order valence-electron chi connectivity index (χ2n) is 9.70. The number of amides is 3. The first-order valence-corrected chi connectivity index (χ1v) is 14.6. The number of nitrogens with one attached hydrogen (secondary N) is 3. The van der Waals surface area contributed by atoms with Gasteiger partial charge in [-0.1, -0.05) is 61.2 Å². The van der Waals surface area contributed by atoms with Crippen molar-refractivity contribution in [2.45, 2.75) is 36.4 Å². The first-order valence-electron chi connectivity index (χ1n) is 13.2. The van der Waals surface area contributed by atoms with Crippen molar-refractivity contribution in [3.63, 3.8) is 0 Å². The molecule has 1 saturated heterocycles. The Morgan fingerprint density at radius 2 is 1.64 bits per heavy atom. The molecule has 0 aliphatic carbocycles. The SMILES string of the molecule is C=C(O)[C@H](CNC(=O)NCc1ccc(-c2ccccc2)cc1)NC(=O)[C@@H]1CCCN1S(=O)(=O)c1ccc([N+](=O)[O-])cc1. The van der Waals surface area contributed by atoms with Gasteiger partial charge in [-0.2, -0.15) is 4.31 Å². The van der Waals surface area contributed by atoms with Gasteiger partial charge in [0.2, 0.25) is 15.9 Å². The average molecular weight is 594 g/mol. The van der Waals surface area contributed by atoms with Crippen LogP contribution >= 0.6 is 0 Å². The molecule has 0 saturated carbocycles. The molecule has 3 aromatic rings. The van der Waals surface area contributed by atoms with Crippen molar-refractivity contribution in [1.82, 2.24) is 20.3 Å². The lowest BCUT2D eigenvalue weighted by molar-refractivity contribution is -0.384. The zero-order valence-corrected chi connectivity index (χ0v) is 23.4. The number of nitro groups is 1. The number of rotatable bonds is 11. The van der Waals surface area contributed by atoms with Crippen molar-refractivity contribution >= 4 is 27.6 Å². The number of sulfonamides is 1. The molecule has 0 bridgehead atoms. The van der Waals surface area contributed by atoms with Gasteiger partial charge in [0.25, 0.3) is 5.69 Å². The summed E-state index contributed by atoms with van der Waals surface area (Å²) in [6, 6.07) is 19.3. The lowest BCUT2D eigenvalue weighted by Crippen LogP contribution is -2.52. The lowest BCUT2D eigenvalue weighted by atomic mass is 10.0. The lowest BCUT2D eigenvalue weighted by Gasteiger charge is -2.26. The van der Waals surface area contributed by atoms with Gasteiger partial charge >= 0.3 is 6.03 Å². The maximum absolute atomic E-state index is 13.2. The van der Waals surface area contributed by atoms with Crippen LogP contribution in [0.5, 0.6) is 0 Å². The average Bonchev–Trinajstić information content (AvgIpc) is 3.50. The van der Waals surface area contributed by atoms with Gasteiger partial charge in [0.15, 0.2) is 0 Å². The molecule has 4 N–H and O–H groups in total. The van der Waals surface area contributed by atoms with Crippen molar-refractivity contribution in [2.75, 3.05) is 13.1 Å². The number of carbonyl (C=O) groups excluding carboxylic acids is 2. The predicted octanol–water partition coefficient (Wildman–Crippen LogP) is 3.47. The number of aliphatic hydroxyl groups excluding tert-OH is 1. The summed E-state index contributed by atoms with van der Waals surface area (Å²) >= 11 is 0. The van der Waals surface area contributed by atoms with Crippen molar-refractivity contribution in [3.05, 3.63) is 107 Å². The van der Waals surface area contributed by atoms with E-state index in [1.807, 2.05) is 54.6 Å². The molecule has 3 aromatic carbocycles. The van der Waals surface area contributed by atoms with Crippen molar-refractivity contribution in [1.29, 1.82) is 0 Å². The van der Waals surface area contributed by atoms with E-state index < -0.39 is 44.7 Å². The molecule has 1 aliphatic heterocycles. The number of nitrogens with zero attached hydrogens (tertiary/aromatic N) is 2. The molecule has 42 heavy (non-hydrogen) atoms. The van der Waals surface area contributed by atoms with Crippen molar-refractivity contribution < 1.29 is 28.0 Å². The van der Waals surface area contributed by atoms with Crippen LogP contribution in [0.3, 0.4) is 0 Å². The summed E-state index contributed by atoms with van der Waals surface area (Å²) in [7, 11) is -4.12. The van der Waals surface area contributed by atoms with E-state index in [-0.39, 0.29) is 36.6 Å². The Kier molecular flexibility index (Phi) is 9.55. The van der Waals surface area contributed by atoms with Gasteiger partial charge in [0.1, 0.15) is 17.8 Å². The molecule has 0 spiro atoms. The highest BCUT2D eigenvalue weighted by molar-refractivity contribution is 7.89. The van der Waals surface area contributed by atoms with Gasteiger partial charge in [0, 0.05) is 31.8 Å². The second-order valence-corrected chi connectivity index (χ2v) is 11.6. The quantitative estimate of drug-likeness (QED) is 0.150. The fourth-order valence-corrected chi connectivity index (χ4v) is 6.23. The summed E-state index contributed by atoms with van der Waals surface area (Å²) in [6.07, 6.45) is 0.654. The smallest absolute Gasteiger partial charge is 0.315 e. The molecule has 0 unspecified atom stereocenters. The van der Waals surface area contributed by atoms with E-state index in [2.05, 4.69) is 22.5 Å². The Labute approximate surface area is 243 Å². The molecule has 1 aliphatic rings. The molecule has 220 valence electrons. The maximum atomic E-state index is 13.2. The Morgan fingerprint density at radius 1 is 1.00 bits per heavy atom. The van der Waals surface area contributed by atoms with Crippen LogP contribution in [-0.4, -0.2) is 59.9 Å². The van der Waals surface area contributed by atoms with Crippen LogP contribution in [0.4, 0.5) is 10.5 Å². The molecular weight excluding hydrogens is 562 g/mol. The van der Waals surface area contributed by atoms with Crippen molar-refractivity contribution in [2.24, 2.45) is 0 Å². The van der Waals surface area contributed by atoms with Crippen LogP contribution in [0.25, 0.3) is 11.1 Å². The van der Waals surface area contributed by atoms with Crippen LogP contribution in [-0.2, 0) is 21.4 Å². The van der Waals surface area contributed by atoms with Crippen LogP contribution in [0.15, 0.2) is 96.1 Å². The number of hydrogen-bond acceptors (Lipinski definition) is 7. The molecule has 4 rings (SSSR count). The number of benzene rings is 3. The number of hydrogen-bond donors (Lipinski definition) is 4. The van der Waals surface area contributed by atoms with Gasteiger partial charge in [-0.25, -0.2) is 13.2 Å². The molecule has 0 radical (unpaired) electrons. The second kappa shape index (κ2) is 13.3.